The van der Waals surface area contributed by atoms with Crippen LogP contribution in [0.2, 0.25) is 0 Å². The van der Waals surface area contributed by atoms with Crippen molar-refractivity contribution >= 4 is 46.2 Å². The van der Waals surface area contributed by atoms with Gasteiger partial charge >= 0.3 is 12.0 Å². The quantitative estimate of drug-likeness (QED) is 0.137. The number of methoxy groups -OCH3 is 2. The fourth-order valence-corrected chi connectivity index (χ4v) is 7.11. The summed E-state index contributed by atoms with van der Waals surface area (Å²) in [7, 11) is 4.81. The van der Waals surface area contributed by atoms with E-state index in [9.17, 15) is 9.59 Å². The maximum atomic E-state index is 13.6. The third-order valence-electron chi connectivity index (χ3n) is 9.32. The monoisotopic (exact) mass is 703 g/mol. The summed E-state index contributed by atoms with van der Waals surface area (Å²) in [6.45, 7) is 2.71. The summed E-state index contributed by atoms with van der Waals surface area (Å²) >= 11 is 1.65. The zero-order valence-corrected chi connectivity index (χ0v) is 29.6. The van der Waals surface area contributed by atoms with Crippen LogP contribution in [0.25, 0.3) is 22.3 Å². The summed E-state index contributed by atoms with van der Waals surface area (Å²) in [5, 5.41) is 8.94. The number of carbonyl (C=O) groups excluding carboxylic acids is 2. The van der Waals surface area contributed by atoms with E-state index in [1.807, 2.05) is 85.6 Å². The Morgan fingerprint density at radius 1 is 1.00 bits per heavy atom. The molecule has 260 valence electrons. The van der Waals surface area contributed by atoms with E-state index in [-0.39, 0.29) is 11.9 Å². The number of amides is 1. The molecule has 0 atom stereocenters. The number of H-pyrrole nitrogens is 1. The number of benzene rings is 3. The standard InChI is InChI=1S/C37H37N9O4S/c1-24-9-12-26(44(2)33-15-18-38-36(41-33)50-4)21-28(24)31-22-46(43-42-31)37(35(48)49-3)16-19-45(20-17-37)34(47)25-10-13-27(14-11-25)51-23-32-39-29-7-5-6-8-30(29)40-32/h5-15,18,21-22H,16-17,19-20,23H2,1-4H3,(H,39,40). The zero-order chi connectivity index (χ0) is 35.5. The largest absolute Gasteiger partial charge is 0.467 e. The number of ether oxygens (including phenoxy) is 2. The van der Waals surface area contributed by atoms with Crippen LogP contribution in [0.5, 0.6) is 6.01 Å². The Hall–Kier alpha value is -5.76. The highest BCUT2D eigenvalue weighted by Gasteiger charge is 2.46. The summed E-state index contributed by atoms with van der Waals surface area (Å²) in [6, 6.07) is 23.7. The molecule has 0 saturated carbocycles. The lowest BCUT2D eigenvalue weighted by Gasteiger charge is -2.39. The molecule has 1 amide bonds. The third-order valence-corrected chi connectivity index (χ3v) is 10.3. The van der Waals surface area contributed by atoms with Gasteiger partial charge in [-0.3, -0.25) is 4.79 Å². The van der Waals surface area contributed by atoms with Crippen molar-refractivity contribution in [1.29, 1.82) is 0 Å². The second kappa shape index (κ2) is 14.2. The van der Waals surface area contributed by atoms with Crippen LogP contribution in [0.15, 0.2) is 90.1 Å². The average Bonchev–Trinajstić information content (AvgIpc) is 3.85. The lowest BCUT2D eigenvalue weighted by molar-refractivity contribution is -0.154. The van der Waals surface area contributed by atoms with Crippen LogP contribution >= 0.6 is 11.8 Å². The highest BCUT2D eigenvalue weighted by molar-refractivity contribution is 7.98. The van der Waals surface area contributed by atoms with E-state index in [1.165, 1.54) is 14.2 Å². The molecule has 13 nitrogen and oxygen atoms in total. The second-order valence-corrected chi connectivity index (χ2v) is 13.4. The van der Waals surface area contributed by atoms with Crippen molar-refractivity contribution in [3.63, 3.8) is 0 Å². The van der Waals surface area contributed by atoms with Crippen LogP contribution in [-0.4, -0.2) is 86.1 Å². The molecular weight excluding hydrogens is 667 g/mol. The van der Waals surface area contributed by atoms with E-state index in [4.69, 9.17) is 9.47 Å². The molecule has 1 aliphatic rings. The van der Waals surface area contributed by atoms with E-state index < -0.39 is 11.5 Å². The van der Waals surface area contributed by atoms with Gasteiger partial charge < -0.3 is 24.3 Å². The minimum absolute atomic E-state index is 0.0838. The van der Waals surface area contributed by atoms with Crippen molar-refractivity contribution in [2.45, 2.75) is 36.0 Å². The van der Waals surface area contributed by atoms with Crippen molar-refractivity contribution in [2.75, 3.05) is 39.3 Å². The summed E-state index contributed by atoms with van der Waals surface area (Å²) in [5.41, 5.74) is 4.79. The SMILES string of the molecule is COC(=O)C1(n2cc(-c3cc(N(C)c4ccnc(OC)n4)ccc3C)nn2)CCN(C(=O)c2ccc(SCc3nc4ccccc4[nH]3)cc2)CC1. The van der Waals surface area contributed by atoms with E-state index >= 15 is 0 Å². The molecule has 1 fully saturated rings. The molecule has 3 aromatic carbocycles. The number of esters is 1. The van der Waals surface area contributed by atoms with Crippen LogP contribution in [0.3, 0.4) is 0 Å². The minimum atomic E-state index is -1.10. The fourth-order valence-electron chi connectivity index (χ4n) is 6.34. The molecule has 6 aromatic rings. The van der Waals surface area contributed by atoms with Gasteiger partial charge in [0.15, 0.2) is 5.54 Å². The molecule has 14 heteroatoms. The number of thioether (sulfide) groups is 1. The van der Waals surface area contributed by atoms with Gasteiger partial charge in [-0.1, -0.05) is 23.4 Å². The first-order valence-electron chi connectivity index (χ1n) is 16.5. The molecule has 3 aromatic heterocycles. The van der Waals surface area contributed by atoms with Crippen LogP contribution in [0.4, 0.5) is 11.5 Å². The molecule has 0 unspecified atom stereocenters. The number of imidazole rings is 1. The molecule has 4 heterocycles. The molecular formula is C37H37N9O4S. The fraction of sp³-hybridized carbons (Fsp3) is 0.270. The van der Waals surface area contributed by atoms with Crippen LogP contribution in [0, 0.1) is 6.92 Å². The Morgan fingerprint density at radius 3 is 2.53 bits per heavy atom. The van der Waals surface area contributed by atoms with Gasteiger partial charge in [0, 0.05) is 60.9 Å². The highest BCUT2D eigenvalue weighted by atomic mass is 32.2. The number of anilines is 2. The lowest BCUT2D eigenvalue weighted by atomic mass is 9.87. The van der Waals surface area contributed by atoms with Gasteiger partial charge in [-0.25, -0.2) is 19.4 Å². The molecule has 1 aliphatic heterocycles. The Balaban J connectivity index is 1.03. The number of fused-ring (bicyclic) bond motifs is 1. The van der Waals surface area contributed by atoms with Crippen LogP contribution in [0.1, 0.15) is 34.6 Å². The van der Waals surface area contributed by atoms with E-state index in [0.717, 1.165) is 38.6 Å². The van der Waals surface area contributed by atoms with Crippen LogP contribution < -0.4 is 9.64 Å². The Labute approximate surface area is 299 Å². The number of nitrogens with zero attached hydrogens (tertiary/aromatic N) is 8. The second-order valence-electron chi connectivity index (χ2n) is 12.3. The number of rotatable bonds is 10. The number of likely N-dealkylation sites (tertiary alicyclic amines) is 1. The van der Waals surface area contributed by atoms with E-state index in [2.05, 4.69) is 30.2 Å². The van der Waals surface area contributed by atoms with Gasteiger partial charge in [-0.2, -0.15) is 4.98 Å². The molecule has 0 radical (unpaired) electrons. The molecule has 51 heavy (non-hydrogen) atoms. The van der Waals surface area contributed by atoms with Gasteiger partial charge in [0.2, 0.25) is 0 Å². The molecule has 1 saturated heterocycles. The number of hydrogen-bond donors (Lipinski definition) is 1. The summed E-state index contributed by atoms with van der Waals surface area (Å²) in [5.74, 6) is 1.76. The number of hydrogen-bond acceptors (Lipinski definition) is 11. The van der Waals surface area contributed by atoms with Gasteiger partial charge in [0.1, 0.15) is 17.3 Å². The number of aromatic nitrogens is 7. The minimum Gasteiger partial charge on any atom is -0.467 e. The number of aryl methyl sites for hydroxylation is 1. The Kier molecular flexibility index (Phi) is 9.41. The average molecular weight is 704 g/mol. The topological polar surface area (TPSA) is 144 Å². The number of aromatic amines is 1. The van der Waals surface area contributed by atoms with Crippen LogP contribution in [-0.2, 0) is 20.8 Å². The summed E-state index contributed by atoms with van der Waals surface area (Å²) in [4.78, 5) is 48.2. The summed E-state index contributed by atoms with van der Waals surface area (Å²) in [6.07, 6.45) is 4.09. The molecule has 0 bridgehead atoms. The van der Waals surface area contributed by atoms with Crippen molar-refractivity contribution in [1.82, 2.24) is 39.8 Å². The predicted octanol–water partition coefficient (Wildman–Crippen LogP) is 5.79. The van der Waals surface area contributed by atoms with Crippen molar-refractivity contribution in [3.05, 3.63) is 102 Å². The number of carbonyl (C=O) groups is 2. The number of piperidine rings is 1. The Bertz CT molecular complexity index is 2160. The first-order chi connectivity index (χ1) is 24.8. The maximum absolute atomic E-state index is 13.6. The van der Waals surface area contributed by atoms with Crippen molar-refractivity contribution in [2.24, 2.45) is 0 Å². The van der Waals surface area contributed by atoms with Gasteiger partial charge in [0.05, 0.1) is 37.2 Å². The highest BCUT2D eigenvalue weighted by Crippen LogP contribution is 2.35. The normalized spacial score (nSPS) is 14.0. The van der Waals surface area contributed by atoms with Crippen molar-refractivity contribution < 1.29 is 19.1 Å². The lowest BCUT2D eigenvalue weighted by Crippen LogP contribution is -2.53. The van der Waals surface area contributed by atoms with Crippen molar-refractivity contribution in [3.8, 4) is 17.3 Å². The van der Waals surface area contributed by atoms with Gasteiger partial charge in [-0.05, 0) is 67.1 Å². The number of nitrogens with one attached hydrogen (secondary N) is 1. The zero-order valence-electron chi connectivity index (χ0n) is 28.7. The summed E-state index contributed by atoms with van der Waals surface area (Å²) < 4.78 is 12.1. The predicted molar refractivity (Wildman–Crippen MR) is 194 cm³/mol. The molecule has 0 spiro atoms. The van der Waals surface area contributed by atoms with Gasteiger partial charge in [0.25, 0.3) is 5.91 Å². The molecule has 1 N–H and O–H groups in total. The van der Waals surface area contributed by atoms with E-state index in [1.54, 1.807) is 39.8 Å². The first kappa shape index (κ1) is 33.7. The van der Waals surface area contributed by atoms with E-state index in [0.29, 0.717) is 48.8 Å². The third kappa shape index (κ3) is 6.74. The Morgan fingerprint density at radius 2 is 1.78 bits per heavy atom. The first-order valence-corrected chi connectivity index (χ1v) is 17.5. The smallest absolute Gasteiger partial charge is 0.334 e. The molecule has 7 rings (SSSR count). The number of para-hydroxylation sites is 2. The molecule has 0 aliphatic carbocycles. The maximum Gasteiger partial charge on any atom is 0.334 e. The van der Waals surface area contributed by atoms with Gasteiger partial charge in [-0.15, -0.1) is 16.9 Å².